The van der Waals surface area contributed by atoms with Gasteiger partial charge < -0.3 is 10.1 Å². The van der Waals surface area contributed by atoms with Crippen LogP contribution in [0.25, 0.3) is 0 Å². The Morgan fingerprint density at radius 3 is 2.00 bits per heavy atom. The summed E-state index contributed by atoms with van der Waals surface area (Å²) in [6.07, 6.45) is 0. The first-order chi connectivity index (χ1) is 20.4. The number of carbonyl (C=O) groups excluding carboxylic acids is 1. The van der Waals surface area contributed by atoms with Gasteiger partial charge in [0.15, 0.2) is 0 Å². The van der Waals surface area contributed by atoms with Crippen molar-refractivity contribution < 1.29 is 30.8 Å². The minimum Gasteiger partial charge on any atom is -0.494 e. The molecule has 0 aromatic heterocycles. The molecular weight excluding hydrogens is 595 g/mol. The van der Waals surface area contributed by atoms with E-state index in [1.807, 2.05) is 6.92 Å². The van der Waals surface area contributed by atoms with Crippen molar-refractivity contribution in [3.8, 4) is 5.75 Å². The number of nitrogens with one attached hydrogen (secondary N) is 2. The molecule has 0 saturated carbocycles. The second kappa shape index (κ2) is 13.2. The van der Waals surface area contributed by atoms with Gasteiger partial charge in [0.1, 0.15) is 11.6 Å². The minimum absolute atomic E-state index is 0.0100. The van der Waals surface area contributed by atoms with Crippen LogP contribution in [0, 0.1) is 5.82 Å². The van der Waals surface area contributed by atoms with Crippen LogP contribution in [0.1, 0.15) is 22.8 Å². The first kappa shape index (κ1) is 31.5. The molecule has 1 amide bonds. The summed E-state index contributed by atoms with van der Waals surface area (Å²) in [6, 6.07) is 24.0. The van der Waals surface area contributed by atoms with Crippen LogP contribution >= 0.6 is 0 Å². The lowest BCUT2D eigenvalue weighted by molar-refractivity contribution is 0.102. The quantitative estimate of drug-likeness (QED) is 0.226. The monoisotopic (exact) mass is 626 g/mol. The molecule has 0 atom stereocenters. The molecule has 0 radical (unpaired) electrons. The van der Waals surface area contributed by atoms with E-state index in [-0.39, 0.29) is 22.7 Å². The Labute approximate surface area is 251 Å². The van der Waals surface area contributed by atoms with Gasteiger partial charge in [-0.25, -0.2) is 12.8 Å². The number of rotatable bonds is 12. The van der Waals surface area contributed by atoms with Gasteiger partial charge >= 0.3 is 10.2 Å². The fourth-order valence-corrected chi connectivity index (χ4v) is 6.15. The number of benzene rings is 4. The Morgan fingerprint density at radius 2 is 1.42 bits per heavy atom. The molecule has 0 aliphatic heterocycles. The zero-order valence-corrected chi connectivity index (χ0v) is 25.3. The smallest absolute Gasteiger partial charge is 0.303 e. The van der Waals surface area contributed by atoms with E-state index in [2.05, 4.69) is 10.0 Å². The number of hydrogen-bond donors (Lipinski definition) is 2. The lowest BCUT2D eigenvalue weighted by atomic mass is 10.1. The highest BCUT2D eigenvalue weighted by Gasteiger charge is 2.27. The number of amides is 1. The van der Waals surface area contributed by atoms with E-state index < -0.39 is 32.0 Å². The van der Waals surface area contributed by atoms with E-state index in [9.17, 15) is 26.0 Å². The molecule has 0 spiro atoms. The summed E-state index contributed by atoms with van der Waals surface area (Å²) < 4.78 is 75.8. The largest absolute Gasteiger partial charge is 0.494 e. The van der Waals surface area contributed by atoms with Gasteiger partial charge in [0, 0.05) is 31.0 Å². The number of halogens is 1. The molecule has 0 aliphatic rings. The van der Waals surface area contributed by atoms with Crippen molar-refractivity contribution in [1.29, 1.82) is 0 Å². The number of para-hydroxylation sites is 1. The highest BCUT2D eigenvalue weighted by molar-refractivity contribution is 7.92. The molecule has 0 saturated heterocycles. The predicted molar refractivity (Wildman–Crippen MR) is 164 cm³/mol. The van der Waals surface area contributed by atoms with Crippen molar-refractivity contribution in [2.24, 2.45) is 0 Å². The van der Waals surface area contributed by atoms with Crippen LogP contribution in [0.15, 0.2) is 102 Å². The normalized spacial score (nSPS) is 11.7. The second-order valence-corrected chi connectivity index (χ2v) is 13.2. The van der Waals surface area contributed by atoms with E-state index in [4.69, 9.17) is 4.74 Å². The maximum atomic E-state index is 14.5. The highest BCUT2D eigenvalue weighted by Crippen LogP contribution is 2.26. The summed E-state index contributed by atoms with van der Waals surface area (Å²) in [6.45, 7) is 2.19. The molecule has 2 N–H and O–H groups in total. The third kappa shape index (κ3) is 7.69. The minimum atomic E-state index is -4.02. The summed E-state index contributed by atoms with van der Waals surface area (Å²) >= 11 is 0. The fraction of sp³-hybridized carbons (Fsp3) is 0.167. The van der Waals surface area contributed by atoms with E-state index in [0.717, 1.165) is 8.61 Å². The SMILES string of the molecule is CCOc1ccc(NS(=O)(=O)c2ccc(NC(=O)c3ccc(CN(c4ccccc4F)S(=O)(=O)N(C)C)cc3)cc2)cc1. The van der Waals surface area contributed by atoms with Crippen molar-refractivity contribution >= 4 is 43.2 Å². The zero-order chi connectivity index (χ0) is 31.2. The van der Waals surface area contributed by atoms with Crippen LogP contribution in [0.3, 0.4) is 0 Å². The molecule has 4 aromatic carbocycles. The molecule has 4 aromatic rings. The number of anilines is 3. The fourth-order valence-electron chi connectivity index (χ4n) is 3.99. The van der Waals surface area contributed by atoms with Crippen LogP contribution in [0.5, 0.6) is 5.75 Å². The van der Waals surface area contributed by atoms with E-state index in [1.54, 1.807) is 42.5 Å². The number of carbonyl (C=O) groups is 1. The Bertz CT molecular complexity index is 1780. The molecule has 10 nitrogen and oxygen atoms in total. The summed E-state index contributed by atoms with van der Waals surface area (Å²) in [5, 5.41) is 2.71. The van der Waals surface area contributed by atoms with Crippen LogP contribution in [-0.2, 0) is 26.8 Å². The predicted octanol–water partition coefficient (Wildman–Crippen LogP) is 5.09. The standard InChI is InChI=1S/C30H31FN4O6S2/c1-4-41-26-17-13-25(14-18-26)33-42(37,38)27-19-15-24(16-20-27)32-30(36)23-11-9-22(10-12-23)21-35(43(39,40)34(2)3)29-8-6-5-7-28(29)31/h5-20,33H,4,21H2,1-3H3,(H,32,36). The Morgan fingerprint density at radius 1 is 0.814 bits per heavy atom. The lowest BCUT2D eigenvalue weighted by Crippen LogP contribution is -2.40. The molecule has 43 heavy (non-hydrogen) atoms. The van der Waals surface area contributed by atoms with Crippen molar-refractivity contribution in [2.45, 2.75) is 18.4 Å². The van der Waals surface area contributed by atoms with Crippen LogP contribution in [0.2, 0.25) is 0 Å². The number of sulfonamides is 1. The molecule has 0 aliphatic carbocycles. The van der Waals surface area contributed by atoms with Gasteiger partial charge in [0.25, 0.3) is 15.9 Å². The Hall–Kier alpha value is -4.46. The van der Waals surface area contributed by atoms with Crippen molar-refractivity contribution in [2.75, 3.05) is 35.0 Å². The first-order valence-corrected chi connectivity index (χ1v) is 16.0. The van der Waals surface area contributed by atoms with E-state index in [1.165, 1.54) is 68.7 Å². The van der Waals surface area contributed by atoms with E-state index >= 15 is 0 Å². The first-order valence-electron chi connectivity index (χ1n) is 13.1. The Kier molecular flexibility index (Phi) is 9.69. The van der Waals surface area contributed by atoms with Gasteiger partial charge in [-0.15, -0.1) is 0 Å². The second-order valence-electron chi connectivity index (χ2n) is 9.49. The van der Waals surface area contributed by atoms with Gasteiger partial charge in [0.05, 0.1) is 23.7 Å². The summed E-state index contributed by atoms with van der Waals surface area (Å²) in [5.74, 6) is -0.516. The van der Waals surface area contributed by atoms with Gasteiger partial charge in [-0.1, -0.05) is 24.3 Å². The average Bonchev–Trinajstić information content (AvgIpc) is 2.98. The zero-order valence-electron chi connectivity index (χ0n) is 23.7. The third-order valence-corrected chi connectivity index (χ3v) is 9.45. The summed E-state index contributed by atoms with van der Waals surface area (Å²) in [4.78, 5) is 12.9. The van der Waals surface area contributed by atoms with Crippen molar-refractivity contribution in [3.63, 3.8) is 0 Å². The average molecular weight is 627 g/mol. The van der Waals surface area contributed by atoms with Crippen molar-refractivity contribution in [3.05, 3.63) is 114 Å². The van der Waals surface area contributed by atoms with Crippen LogP contribution < -0.4 is 19.1 Å². The molecule has 4 rings (SSSR count). The van der Waals surface area contributed by atoms with Crippen LogP contribution in [0.4, 0.5) is 21.5 Å². The van der Waals surface area contributed by atoms with Gasteiger partial charge in [-0.2, -0.15) is 12.7 Å². The van der Waals surface area contributed by atoms with Gasteiger partial charge in [-0.3, -0.25) is 13.8 Å². The molecule has 0 bridgehead atoms. The van der Waals surface area contributed by atoms with Gasteiger partial charge in [-0.05, 0) is 85.3 Å². The number of hydrogen-bond acceptors (Lipinski definition) is 6. The summed E-state index contributed by atoms with van der Waals surface area (Å²) in [5.41, 5.74) is 1.46. The number of ether oxygens (including phenoxy) is 1. The lowest BCUT2D eigenvalue weighted by Gasteiger charge is -2.27. The Balaban J connectivity index is 1.43. The molecule has 13 heteroatoms. The maximum Gasteiger partial charge on any atom is 0.303 e. The maximum absolute atomic E-state index is 14.5. The third-order valence-electron chi connectivity index (χ3n) is 6.24. The number of nitrogens with zero attached hydrogens (tertiary/aromatic N) is 2. The topological polar surface area (TPSA) is 125 Å². The molecule has 0 unspecified atom stereocenters. The highest BCUT2D eigenvalue weighted by atomic mass is 32.2. The molecule has 0 heterocycles. The van der Waals surface area contributed by atoms with E-state index in [0.29, 0.717) is 29.3 Å². The molecular formula is C30H31FN4O6S2. The van der Waals surface area contributed by atoms with Crippen LogP contribution in [-0.4, -0.2) is 47.8 Å². The molecule has 0 fully saturated rings. The van der Waals surface area contributed by atoms with Crippen molar-refractivity contribution in [1.82, 2.24) is 4.31 Å². The van der Waals surface area contributed by atoms with Gasteiger partial charge in [0.2, 0.25) is 0 Å². The summed E-state index contributed by atoms with van der Waals surface area (Å²) in [7, 11) is -5.17. The molecule has 226 valence electrons.